The van der Waals surface area contributed by atoms with E-state index in [0.29, 0.717) is 6.04 Å². The maximum absolute atomic E-state index is 5.78. The molecule has 1 heterocycles. The summed E-state index contributed by atoms with van der Waals surface area (Å²) < 4.78 is 2.09. The molecule has 2 atom stereocenters. The minimum atomic E-state index is 0.231. The first-order valence-electron chi connectivity index (χ1n) is 5.21. The predicted molar refractivity (Wildman–Crippen MR) is 59.4 cm³/mol. The Morgan fingerprint density at radius 1 is 1.29 bits per heavy atom. The molecule has 0 bridgehead atoms. The van der Waals surface area contributed by atoms with Crippen LogP contribution < -0.4 is 5.73 Å². The number of nitrogens with zero attached hydrogens (tertiary/aromatic N) is 2. The smallest absolute Gasteiger partial charge is 0.0625 e. The number of rotatable bonds is 3. The highest BCUT2D eigenvalue weighted by atomic mass is 15.3. The summed E-state index contributed by atoms with van der Waals surface area (Å²) in [5.41, 5.74) is 9.46. The number of aryl methyl sites for hydroxylation is 1. The van der Waals surface area contributed by atoms with E-state index in [9.17, 15) is 0 Å². The lowest BCUT2D eigenvalue weighted by Crippen LogP contribution is -2.21. The van der Waals surface area contributed by atoms with Gasteiger partial charge in [0.05, 0.1) is 11.7 Å². The lowest BCUT2D eigenvalue weighted by molar-refractivity contribution is 0.419. The standard InChI is InChI=1S/C11H21N3/c1-7(12)6-8(2)14-11(5)9(3)10(4)13-14/h7-8H,6,12H2,1-5H3. The van der Waals surface area contributed by atoms with Gasteiger partial charge in [0.25, 0.3) is 0 Å². The average molecular weight is 195 g/mol. The van der Waals surface area contributed by atoms with Gasteiger partial charge in [-0.2, -0.15) is 5.10 Å². The summed E-state index contributed by atoms with van der Waals surface area (Å²) in [5, 5.41) is 4.52. The van der Waals surface area contributed by atoms with Gasteiger partial charge in [-0.25, -0.2) is 0 Å². The van der Waals surface area contributed by atoms with Gasteiger partial charge >= 0.3 is 0 Å². The molecule has 0 radical (unpaired) electrons. The predicted octanol–water partition coefficient (Wildman–Crippen LogP) is 2.11. The van der Waals surface area contributed by atoms with Crippen LogP contribution in [0.1, 0.15) is 43.3 Å². The third-order valence-corrected chi connectivity index (χ3v) is 2.82. The van der Waals surface area contributed by atoms with E-state index >= 15 is 0 Å². The third kappa shape index (κ3) is 2.15. The molecule has 0 aliphatic rings. The normalized spacial score (nSPS) is 15.6. The molecule has 0 saturated carbocycles. The molecule has 1 aromatic heterocycles. The molecular weight excluding hydrogens is 174 g/mol. The summed E-state index contributed by atoms with van der Waals surface area (Å²) in [6.45, 7) is 10.5. The Labute approximate surface area is 86.3 Å². The van der Waals surface area contributed by atoms with Crippen LogP contribution in [-0.4, -0.2) is 15.8 Å². The molecule has 1 rings (SSSR count). The molecule has 2 unspecified atom stereocenters. The first kappa shape index (κ1) is 11.2. The molecule has 14 heavy (non-hydrogen) atoms. The van der Waals surface area contributed by atoms with Crippen LogP contribution in [0, 0.1) is 20.8 Å². The van der Waals surface area contributed by atoms with Crippen molar-refractivity contribution < 1.29 is 0 Å². The zero-order valence-corrected chi connectivity index (χ0v) is 9.83. The summed E-state index contributed by atoms with van der Waals surface area (Å²) in [5.74, 6) is 0. The summed E-state index contributed by atoms with van der Waals surface area (Å²) in [7, 11) is 0. The van der Waals surface area contributed by atoms with Crippen molar-refractivity contribution in [1.82, 2.24) is 9.78 Å². The van der Waals surface area contributed by atoms with Crippen molar-refractivity contribution in [2.75, 3.05) is 0 Å². The molecular formula is C11H21N3. The SMILES string of the molecule is Cc1nn(C(C)CC(C)N)c(C)c1C. The largest absolute Gasteiger partial charge is 0.328 e. The fraction of sp³-hybridized carbons (Fsp3) is 0.727. The molecule has 3 nitrogen and oxygen atoms in total. The van der Waals surface area contributed by atoms with E-state index in [1.807, 2.05) is 6.92 Å². The van der Waals surface area contributed by atoms with E-state index in [2.05, 4.69) is 37.5 Å². The van der Waals surface area contributed by atoms with Crippen LogP contribution in [0.4, 0.5) is 0 Å². The van der Waals surface area contributed by atoms with Gasteiger partial charge in [-0.15, -0.1) is 0 Å². The highest BCUT2D eigenvalue weighted by molar-refractivity contribution is 5.22. The lowest BCUT2D eigenvalue weighted by Gasteiger charge is -2.16. The monoisotopic (exact) mass is 195 g/mol. The van der Waals surface area contributed by atoms with Gasteiger partial charge in [0.1, 0.15) is 0 Å². The van der Waals surface area contributed by atoms with Gasteiger partial charge < -0.3 is 5.73 Å². The van der Waals surface area contributed by atoms with E-state index in [1.54, 1.807) is 0 Å². The Hall–Kier alpha value is -0.830. The summed E-state index contributed by atoms with van der Waals surface area (Å²) >= 11 is 0. The molecule has 3 heteroatoms. The second kappa shape index (κ2) is 4.13. The van der Waals surface area contributed by atoms with Crippen molar-refractivity contribution in [2.24, 2.45) is 5.73 Å². The second-order valence-electron chi connectivity index (χ2n) is 4.30. The molecule has 0 fully saturated rings. The van der Waals surface area contributed by atoms with Crippen LogP contribution in [0.25, 0.3) is 0 Å². The van der Waals surface area contributed by atoms with Gasteiger partial charge in [-0.05, 0) is 46.6 Å². The fourth-order valence-electron chi connectivity index (χ4n) is 1.81. The minimum absolute atomic E-state index is 0.231. The summed E-state index contributed by atoms with van der Waals surface area (Å²) in [6.07, 6.45) is 0.974. The van der Waals surface area contributed by atoms with E-state index < -0.39 is 0 Å². The highest BCUT2D eigenvalue weighted by Gasteiger charge is 2.13. The molecule has 2 N–H and O–H groups in total. The number of nitrogens with two attached hydrogens (primary N) is 1. The fourth-order valence-corrected chi connectivity index (χ4v) is 1.81. The van der Waals surface area contributed by atoms with Gasteiger partial charge in [0.15, 0.2) is 0 Å². The molecule has 80 valence electrons. The van der Waals surface area contributed by atoms with E-state index in [-0.39, 0.29) is 6.04 Å². The maximum Gasteiger partial charge on any atom is 0.0625 e. The third-order valence-electron chi connectivity index (χ3n) is 2.82. The highest BCUT2D eigenvalue weighted by Crippen LogP contribution is 2.18. The van der Waals surface area contributed by atoms with Crippen molar-refractivity contribution >= 4 is 0 Å². The molecule has 0 saturated heterocycles. The van der Waals surface area contributed by atoms with Crippen LogP contribution in [-0.2, 0) is 0 Å². The molecule has 0 aliphatic heterocycles. The summed E-state index contributed by atoms with van der Waals surface area (Å²) in [6, 6.07) is 0.622. The minimum Gasteiger partial charge on any atom is -0.328 e. The Morgan fingerprint density at radius 2 is 1.86 bits per heavy atom. The van der Waals surface area contributed by atoms with Crippen molar-refractivity contribution in [1.29, 1.82) is 0 Å². The number of hydrogen-bond acceptors (Lipinski definition) is 2. The van der Waals surface area contributed by atoms with Crippen LogP contribution in [0.15, 0.2) is 0 Å². The molecule has 0 amide bonds. The Morgan fingerprint density at radius 3 is 2.21 bits per heavy atom. The van der Waals surface area contributed by atoms with Crippen molar-refractivity contribution in [3.8, 4) is 0 Å². The van der Waals surface area contributed by atoms with Crippen molar-refractivity contribution in [3.63, 3.8) is 0 Å². The van der Waals surface area contributed by atoms with Gasteiger partial charge in [-0.3, -0.25) is 4.68 Å². The lowest BCUT2D eigenvalue weighted by atomic mass is 10.1. The topological polar surface area (TPSA) is 43.8 Å². The van der Waals surface area contributed by atoms with Crippen LogP contribution in [0.2, 0.25) is 0 Å². The Balaban J connectivity index is 2.90. The van der Waals surface area contributed by atoms with Gasteiger partial charge in [0, 0.05) is 11.7 Å². The number of aromatic nitrogens is 2. The summed E-state index contributed by atoms with van der Waals surface area (Å²) in [4.78, 5) is 0. The van der Waals surface area contributed by atoms with Crippen LogP contribution in [0.3, 0.4) is 0 Å². The van der Waals surface area contributed by atoms with E-state index in [4.69, 9.17) is 5.73 Å². The molecule has 1 aromatic rings. The van der Waals surface area contributed by atoms with Gasteiger partial charge in [0.2, 0.25) is 0 Å². The number of hydrogen-bond donors (Lipinski definition) is 1. The quantitative estimate of drug-likeness (QED) is 0.802. The Kier molecular flexibility index (Phi) is 3.32. The van der Waals surface area contributed by atoms with Crippen LogP contribution >= 0.6 is 0 Å². The molecule has 0 aliphatic carbocycles. The zero-order valence-electron chi connectivity index (χ0n) is 9.83. The van der Waals surface area contributed by atoms with Crippen LogP contribution in [0.5, 0.6) is 0 Å². The average Bonchev–Trinajstić information content (AvgIpc) is 2.32. The van der Waals surface area contributed by atoms with Crippen molar-refractivity contribution in [2.45, 2.75) is 53.1 Å². The molecule has 0 aromatic carbocycles. The first-order chi connectivity index (χ1) is 6.43. The van der Waals surface area contributed by atoms with Crippen molar-refractivity contribution in [3.05, 3.63) is 17.0 Å². The first-order valence-corrected chi connectivity index (χ1v) is 5.21. The Bertz CT molecular complexity index is 313. The van der Waals surface area contributed by atoms with Gasteiger partial charge in [-0.1, -0.05) is 0 Å². The molecule has 0 spiro atoms. The van der Waals surface area contributed by atoms with E-state index in [1.165, 1.54) is 11.3 Å². The zero-order chi connectivity index (χ0) is 10.9. The second-order valence-corrected chi connectivity index (χ2v) is 4.30. The van der Waals surface area contributed by atoms with E-state index in [0.717, 1.165) is 12.1 Å². The maximum atomic E-state index is 5.78.